The summed E-state index contributed by atoms with van der Waals surface area (Å²) < 4.78 is 1.85. The van der Waals surface area contributed by atoms with Crippen LogP contribution in [0.5, 0.6) is 0 Å². The van der Waals surface area contributed by atoms with Gasteiger partial charge in [-0.2, -0.15) is 0 Å². The second kappa shape index (κ2) is 5.16. The summed E-state index contributed by atoms with van der Waals surface area (Å²) in [4.78, 5) is 2.59. The maximum absolute atomic E-state index is 4.07. The SMILES string of the molecule is Cc1ccc(Cn2nnnc2CNC(C)(C)C)s1. The number of hydrogen-bond donors (Lipinski definition) is 1. The quantitative estimate of drug-likeness (QED) is 0.918. The third kappa shape index (κ3) is 3.61. The topological polar surface area (TPSA) is 55.6 Å². The number of rotatable bonds is 4. The number of aromatic nitrogens is 4. The van der Waals surface area contributed by atoms with E-state index in [2.05, 4.69) is 60.7 Å². The monoisotopic (exact) mass is 265 g/mol. The molecule has 0 aromatic carbocycles. The fourth-order valence-electron chi connectivity index (χ4n) is 1.53. The van der Waals surface area contributed by atoms with E-state index in [0.717, 1.165) is 12.4 Å². The van der Waals surface area contributed by atoms with Gasteiger partial charge in [0.2, 0.25) is 0 Å². The first-order valence-electron chi connectivity index (χ1n) is 5.99. The highest BCUT2D eigenvalue weighted by Gasteiger charge is 2.13. The molecule has 2 aromatic heterocycles. The lowest BCUT2D eigenvalue weighted by Gasteiger charge is -2.19. The molecule has 0 spiro atoms. The maximum Gasteiger partial charge on any atom is 0.165 e. The van der Waals surface area contributed by atoms with Crippen LogP contribution in [-0.2, 0) is 13.1 Å². The number of thiophene rings is 1. The Balaban J connectivity index is 2.03. The molecule has 2 aromatic rings. The van der Waals surface area contributed by atoms with Crippen molar-refractivity contribution in [2.45, 2.75) is 46.3 Å². The summed E-state index contributed by atoms with van der Waals surface area (Å²) in [5, 5.41) is 15.3. The fraction of sp³-hybridized carbons (Fsp3) is 0.583. The molecule has 1 N–H and O–H groups in total. The molecule has 0 fully saturated rings. The van der Waals surface area contributed by atoms with E-state index in [9.17, 15) is 0 Å². The Bertz CT molecular complexity index is 509. The van der Waals surface area contributed by atoms with Crippen molar-refractivity contribution in [2.24, 2.45) is 0 Å². The molecule has 0 saturated carbocycles. The van der Waals surface area contributed by atoms with Gasteiger partial charge < -0.3 is 5.32 Å². The minimum atomic E-state index is 0.0658. The van der Waals surface area contributed by atoms with Crippen LogP contribution in [0.1, 0.15) is 36.3 Å². The normalized spacial score (nSPS) is 12.0. The molecule has 0 aliphatic heterocycles. The molecule has 0 aliphatic rings. The molecule has 6 heteroatoms. The number of hydrogen-bond acceptors (Lipinski definition) is 5. The zero-order valence-corrected chi connectivity index (χ0v) is 12.1. The van der Waals surface area contributed by atoms with Gasteiger partial charge in [-0.15, -0.1) is 16.4 Å². The van der Waals surface area contributed by atoms with E-state index in [4.69, 9.17) is 0 Å². The van der Waals surface area contributed by atoms with E-state index in [1.165, 1.54) is 9.75 Å². The van der Waals surface area contributed by atoms with Crippen LogP contribution in [0.4, 0.5) is 0 Å². The van der Waals surface area contributed by atoms with E-state index in [0.29, 0.717) is 6.54 Å². The summed E-state index contributed by atoms with van der Waals surface area (Å²) in [6.07, 6.45) is 0. The van der Waals surface area contributed by atoms with Gasteiger partial charge in [0.15, 0.2) is 5.82 Å². The molecule has 18 heavy (non-hydrogen) atoms. The summed E-state index contributed by atoms with van der Waals surface area (Å²) >= 11 is 1.78. The lowest BCUT2D eigenvalue weighted by molar-refractivity contribution is 0.410. The molecule has 0 atom stereocenters. The third-order valence-electron chi connectivity index (χ3n) is 2.48. The van der Waals surface area contributed by atoms with Crippen molar-refractivity contribution < 1.29 is 0 Å². The molecule has 0 saturated heterocycles. The first-order valence-corrected chi connectivity index (χ1v) is 6.81. The molecule has 0 amide bonds. The van der Waals surface area contributed by atoms with Crippen LogP contribution in [0, 0.1) is 6.92 Å². The summed E-state index contributed by atoms with van der Waals surface area (Å²) in [5.41, 5.74) is 0.0658. The molecule has 0 radical (unpaired) electrons. The standard InChI is InChI=1S/C12H19N5S/c1-9-5-6-10(18-9)8-17-11(14-15-16-17)7-13-12(2,3)4/h5-6,13H,7-8H2,1-4H3. The molecular weight excluding hydrogens is 246 g/mol. The Morgan fingerprint density at radius 2 is 2.11 bits per heavy atom. The van der Waals surface area contributed by atoms with Crippen molar-refractivity contribution in [3.63, 3.8) is 0 Å². The zero-order valence-electron chi connectivity index (χ0n) is 11.3. The second-order valence-corrected chi connectivity index (χ2v) is 6.74. The van der Waals surface area contributed by atoms with E-state index >= 15 is 0 Å². The van der Waals surface area contributed by atoms with Crippen molar-refractivity contribution in [3.05, 3.63) is 27.7 Å². The fourth-order valence-corrected chi connectivity index (χ4v) is 2.41. The van der Waals surface area contributed by atoms with Crippen LogP contribution in [0.3, 0.4) is 0 Å². The van der Waals surface area contributed by atoms with Crippen molar-refractivity contribution in [2.75, 3.05) is 0 Å². The Hall–Kier alpha value is -1.27. The Morgan fingerprint density at radius 1 is 1.33 bits per heavy atom. The molecular formula is C12H19N5S. The lowest BCUT2D eigenvalue weighted by atomic mass is 10.1. The molecule has 98 valence electrons. The lowest BCUT2D eigenvalue weighted by Crippen LogP contribution is -2.36. The van der Waals surface area contributed by atoms with Gasteiger partial charge in [0, 0.05) is 15.3 Å². The summed E-state index contributed by atoms with van der Waals surface area (Å²) in [6, 6.07) is 4.25. The molecule has 2 rings (SSSR count). The minimum absolute atomic E-state index is 0.0658. The van der Waals surface area contributed by atoms with Crippen LogP contribution in [0.15, 0.2) is 12.1 Å². The Labute approximate surface area is 111 Å². The largest absolute Gasteiger partial charge is 0.305 e. The van der Waals surface area contributed by atoms with E-state index in [1.54, 1.807) is 11.3 Å². The van der Waals surface area contributed by atoms with Crippen LogP contribution in [0.2, 0.25) is 0 Å². The molecule has 0 aliphatic carbocycles. The summed E-state index contributed by atoms with van der Waals surface area (Å²) in [6.45, 7) is 9.92. The van der Waals surface area contributed by atoms with Crippen LogP contribution in [-0.4, -0.2) is 25.7 Å². The average molecular weight is 265 g/mol. The Morgan fingerprint density at radius 3 is 2.72 bits per heavy atom. The van der Waals surface area contributed by atoms with Gasteiger partial charge in [-0.1, -0.05) is 0 Å². The van der Waals surface area contributed by atoms with Crippen LogP contribution < -0.4 is 5.32 Å². The number of nitrogens with one attached hydrogen (secondary N) is 1. The van der Waals surface area contributed by atoms with Crippen molar-refractivity contribution >= 4 is 11.3 Å². The third-order valence-corrected chi connectivity index (χ3v) is 3.47. The van der Waals surface area contributed by atoms with Crippen molar-refractivity contribution in [1.29, 1.82) is 0 Å². The van der Waals surface area contributed by atoms with Gasteiger partial charge in [-0.3, -0.25) is 0 Å². The van der Waals surface area contributed by atoms with E-state index in [-0.39, 0.29) is 5.54 Å². The zero-order chi connectivity index (χ0) is 13.2. The highest BCUT2D eigenvalue weighted by Crippen LogP contribution is 2.16. The Kier molecular flexibility index (Phi) is 3.77. The first kappa shape index (κ1) is 13.2. The molecule has 2 heterocycles. The van der Waals surface area contributed by atoms with Gasteiger partial charge in [-0.25, -0.2) is 4.68 Å². The summed E-state index contributed by atoms with van der Waals surface area (Å²) in [5.74, 6) is 0.871. The van der Waals surface area contributed by atoms with Crippen molar-refractivity contribution in [1.82, 2.24) is 25.5 Å². The number of aryl methyl sites for hydroxylation is 1. The van der Waals surface area contributed by atoms with E-state index in [1.807, 2.05) is 4.68 Å². The van der Waals surface area contributed by atoms with Crippen LogP contribution >= 0.6 is 11.3 Å². The predicted octanol–water partition coefficient (Wildman–Crippen LogP) is 1.98. The molecule has 0 bridgehead atoms. The van der Waals surface area contributed by atoms with Gasteiger partial charge in [-0.05, 0) is 50.3 Å². The molecule has 5 nitrogen and oxygen atoms in total. The highest BCUT2D eigenvalue weighted by molar-refractivity contribution is 7.11. The van der Waals surface area contributed by atoms with Crippen LogP contribution in [0.25, 0.3) is 0 Å². The van der Waals surface area contributed by atoms with Crippen molar-refractivity contribution in [3.8, 4) is 0 Å². The maximum atomic E-state index is 4.07. The smallest absolute Gasteiger partial charge is 0.165 e. The van der Waals surface area contributed by atoms with Gasteiger partial charge in [0.1, 0.15) is 0 Å². The number of nitrogens with zero attached hydrogens (tertiary/aromatic N) is 4. The van der Waals surface area contributed by atoms with E-state index < -0.39 is 0 Å². The minimum Gasteiger partial charge on any atom is -0.305 e. The van der Waals surface area contributed by atoms with Gasteiger partial charge in [0.25, 0.3) is 0 Å². The average Bonchev–Trinajstić information content (AvgIpc) is 2.85. The highest BCUT2D eigenvalue weighted by atomic mass is 32.1. The summed E-state index contributed by atoms with van der Waals surface area (Å²) in [7, 11) is 0. The first-order chi connectivity index (χ1) is 8.44. The van der Waals surface area contributed by atoms with Gasteiger partial charge >= 0.3 is 0 Å². The predicted molar refractivity (Wildman–Crippen MR) is 72.6 cm³/mol. The second-order valence-electron chi connectivity index (χ2n) is 5.37. The van der Waals surface area contributed by atoms with Gasteiger partial charge in [0.05, 0.1) is 13.1 Å². The molecule has 0 unspecified atom stereocenters. The number of tetrazole rings is 1.